The van der Waals surface area contributed by atoms with Gasteiger partial charge in [-0.25, -0.2) is 12.8 Å². The summed E-state index contributed by atoms with van der Waals surface area (Å²) < 4.78 is 40.7. The van der Waals surface area contributed by atoms with Crippen LogP contribution in [0.4, 0.5) is 15.8 Å². The van der Waals surface area contributed by atoms with Gasteiger partial charge >= 0.3 is 0 Å². The van der Waals surface area contributed by atoms with Crippen molar-refractivity contribution in [2.45, 2.75) is 6.54 Å². The molecule has 3 aromatic carbocycles. The first-order chi connectivity index (χ1) is 16.8. The van der Waals surface area contributed by atoms with Gasteiger partial charge in [0.25, 0.3) is 0 Å². The van der Waals surface area contributed by atoms with Gasteiger partial charge in [0.2, 0.25) is 15.9 Å². The fraction of sp³-hybridized carbons (Fsp3) is 0.0769. The van der Waals surface area contributed by atoms with Gasteiger partial charge in [0.1, 0.15) is 5.82 Å². The second-order valence-electron chi connectivity index (χ2n) is 7.87. The molecule has 0 spiro atoms. The van der Waals surface area contributed by atoms with E-state index in [1.54, 1.807) is 6.08 Å². The second-order valence-corrected chi connectivity index (χ2v) is 9.62. The van der Waals surface area contributed by atoms with E-state index in [0.717, 1.165) is 34.7 Å². The lowest BCUT2D eigenvalue weighted by atomic mass is 10.1. The van der Waals surface area contributed by atoms with Gasteiger partial charge in [-0.15, -0.1) is 0 Å². The van der Waals surface area contributed by atoms with Crippen LogP contribution in [0.5, 0.6) is 0 Å². The van der Waals surface area contributed by atoms with Crippen molar-refractivity contribution in [2.24, 2.45) is 0 Å². The maximum Gasteiger partial charge on any atom is 0.248 e. The highest BCUT2D eigenvalue weighted by molar-refractivity contribution is 7.92. The Morgan fingerprint density at radius 3 is 2.40 bits per heavy atom. The molecule has 0 aliphatic rings. The van der Waals surface area contributed by atoms with Crippen molar-refractivity contribution < 1.29 is 17.6 Å². The van der Waals surface area contributed by atoms with Crippen molar-refractivity contribution in [3.8, 4) is 11.3 Å². The van der Waals surface area contributed by atoms with E-state index in [-0.39, 0.29) is 11.4 Å². The summed E-state index contributed by atoms with van der Waals surface area (Å²) in [6, 6.07) is 23.2. The van der Waals surface area contributed by atoms with Gasteiger partial charge in [-0.1, -0.05) is 60.7 Å². The number of benzene rings is 3. The monoisotopic (exact) mass is 490 g/mol. The maximum absolute atomic E-state index is 13.9. The molecule has 7 nitrogen and oxygen atoms in total. The van der Waals surface area contributed by atoms with Crippen LogP contribution in [0.25, 0.3) is 17.3 Å². The van der Waals surface area contributed by atoms with E-state index >= 15 is 0 Å². The Hall–Kier alpha value is -4.24. The highest BCUT2D eigenvalue weighted by Crippen LogP contribution is 2.24. The molecule has 35 heavy (non-hydrogen) atoms. The van der Waals surface area contributed by atoms with Crippen molar-refractivity contribution in [3.05, 3.63) is 108 Å². The highest BCUT2D eigenvalue weighted by atomic mass is 32.2. The smallest absolute Gasteiger partial charge is 0.248 e. The van der Waals surface area contributed by atoms with Gasteiger partial charge in [-0.05, 0) is 29.8 Å². The standard InChI is InChI=1S/C26H23FN4O3S/c1-35(33,34)30-24-16-22(13-14-23(24)27)28-25(32)15-12-21-18-31(17-19-8-4-2-5-9-19)29-26(21)20-10-6-3-7-11-20/h2-16,18,30H,17H2,1H3,(H,28,32). The molecule has 1 amide bonds. The van der Waals surface area contributed by atoms with Gasteiger partial charge in [-0.2, -0.15) is 5.10 Å². The molecule has 4 aromatic rings. The zero-order valence-electron chi connectivity index (χ0n) is 18.9. The average Bonchev–Trinajstić information content (AvgIpc) is 3.23. The number of nitrogens with zero attached hydrogens (tertiary/aromatic N) is 2. The lowest BCUT2D eigenvalue weighted by Crippen LogP contribution is -2.12. The summed E-state index contributed by atoms with van der Waals surface area (Å²) in [5.41, 5.74) is 3.48. The molecule has 0 bridgehead atoms. The number of hydrogen-bond donors (Lipinski definition) is 2. The van der Waals surface area contributed by atoms with Crippen molar-refractivity contribution in [3.63, 3.8) is 0 Å². The van der Waals surface area contributed by atoms with Crippen molar-refractivity contribution in [2.75, 3.05) is 16.3 Å². The van der Waals surface area contributed by atoms with Crippen LogP contribution in [0.15, 0.2) is 91.1 Å². The molecule has 0 aliphatic heterocycles. The molecule has 1 aromatic heterocycles. The summed E-state index contributed by atoms with van der Waals surface area (Å²) >= 11 is 0. The van der Waals surface area contributed by atoms with E-state index in [2.05, 4.69) is 10.0 Å². The zero-order valence-corrected chi connectivity index (χ0v) is 19.7. The third-order valence-corrected chi connectivity index (χ3v) is 5.56. The zero-order chi connectivity index (χ0) is 24.8. The van der Waals surface area contributed by atoms with Crippen LogP contribution in [0, 0.1) is 5.82 Å². The number of aromatic nitrogens is 2. The van der Waals surface area contributed by atoms with Crippen molar-refractivity contribution in [1.82, 2.24) is 9.78 Å². The number of rotatable bonds is 8. The van der Waals surface area contributed by atoms with E-state index < -0.39 is 21.7 Å². The van der Waals surface area contributed by atoms with Crippen LogP contribution in [-0.4, -0.2) is 30.4 Å². The van der Waals surface area contributed by atoms with Crippen LogP contribution in [0.3, 0.4) is 0 Å². The SMILES string of the molecule is CS(=O)(=O)Nc1cc(NC(=O)C=Cc2cn(Cc3ccccc3)nc2-c2ccccc2)ccc1F. The van der Waals surface area contributed by atoms with Crippen LogP contribution in [-0.2, 0) is 21.4 Å². The van der Waals surface area contributed by atoms with E-state index in [1.807, 2.05) is 71.5 Å². The topological polar surface area (TPSA) is 93.1 Å². The Bertz CT molecular complexity index is 1470. The summed E-state index contributed by atoms with van der Waals surface area (Å²) in [7, 11) is -3.67. The van der Waals surface area contributed by atoms with Gasteiger partial charge in [-0.3, -0.25) is 14.2 Å². The third kappa shape index (κ3) is 6.64. The molecule has 0 unspecified atom stereocenters. The lowest BCUT2D eigenvalue weighted by molar-refractivity contribution is -0.111. The van der Waals surface area contributed by atoms with E-state index in [1.165, 1.54) is 18.2 Å². The number of carbonyl (C=O) groups excluding carboxylic acids is 1. The summed E-state index contributed by atoms with van der Waals surface area (Å²) in [4.78, 5) is 12.6. The number of carbonyl (C=O) groups is 1. The quantitative estimate of drug-likeness (QED) is 0.348. The average molecular weight is 491 g/mol. The molecule has 0 saturated heterocycles. The molecular formula is C26H23FN4O3S. The first-order valence-electron chi connectivity index (χ1n) is 10.7. The molecule has 178 valence electrons. The van der Waals surface area contributed by atoms with E-state index in [4.69, 9.17) is 5.10 Å². The lowest BCUT2D eigenvalue weighted by Gasteiger charge is -2.08. The molecule has 9 heteroatoms. The van der Waals surface area contributed by atoms with Crippen molar-refractivity contribution in [1.29, 1.82) is 0 Å². The minimum atomic E-state index is -3.67. The predicted octanol–water partition coefficient (Wildman–Crippen LogP) is 4.76. The minimum absolute atomic E-state index is 0.246. The number of sulfonamides is 1. The van der Waals surface area contributed by atoms with Crippen LogP contribution >= 0.6 is 0 Å². The molecule has 2 N–H and O–H groups in total. The molecular weight excluding hydrogens is 467 g/mol. The van der Waals surface area contributed by atoms with Gasteiger partial charge in [0, 0.05) is 29.1 Å². The largest absolute Gasteiger partial charge is 0.322 e. The fourth-order valence-corrected chi connectivity index (χ4v) is 4.02. The van der Waals surface area contributed by atoms with Gasteiger partial charge < -0.3 is 5.32 Å². The number of nitrogens with one attached hydrogen (secondary N) is 2. The summed E-state index contributed by atoms with van der Waals surface area (Å²) in [5.74, 6) is -1.21. The van der Waals surface area contributed by atoms with E-state index in [9.17, 15) is 17.6 Å². The van der Waals surface area contributed by atoms with Gasteiger partial charge in [0.05, 0.1) is 24.2 Å². The summed E-state index contributed by atoms with van der Waals surface area (Å²) in [6.45, 7) is 0.576. The summed E-state index contributed by atoms with van der Waals surface area (Å²) in [6.07, 6.45) is 5.79. The van der Waals surface area contributed by atoms with Crippen LogP contribution in [0.1, 0.15) is 11.1 Å². The maximum atomic E-state index is 13.9. The van der Waals surface area contributed by atoms with E-state index in [0.29, 0.717) is 6.54 Å². The Morgan fingerprint density at radius 1 is 1.03 bits per heavy atom. The number of hydrogen-bond acceptors (Lipinski definition) is 4. The Kier molecular flexibility index (Phi) is 7.07. The Labute approximate surface area is 203 Å². The Balaban J connectivity index is 1.56. The molecule has 0 aliphatic carbocycles. The minimum Gasteiger partial charge on any atom is -0.322 e. The van der Waals surface area contributed by atoms with Crippen LogP contribution in [0.2, 0.25) is 0 Å². The normalized spacial score (nSPS) is 11.5. The third-order valence-electron chi connectivity index (χ3n) is 4.97. The van der Waals surface area contributed by atoms with Crippen molar-refractivity contribution >= 4 is 33.4 Å². The number of anilines is 2. The molecule has 0 saturated carbocycles. The fourth-order valence-electron chi connectivity index (χ4n) is 3.46. The summed E-state index contributed by atoms with van der Waals surface area (Å²) in [5, 5.41) is 7.34. The number of amides is 1. The molecule has 0 fully saturated rings. The molecule has 4 rings (SSSR count). The molecule has 0 atom stereocenters. The van der Waals surface area contributed by atoms with Gasteiger partial charge in [0.15, 0.2) is 0 Å². The first kappa shape index (κ1) is 23.9. The van der Waals surface area contributed by atoms with Crippen LogP contribution < -0.4 is 10.0 Å². The predicted molar refractivity (Wildman–Crippen MR) is 136 cm³/mol. The molecule has 0 radical (unpaired) electrons. The first-order valence-corrected chi connectivity index (χ1v) is 12.6. The Morgan fingerprint density at radius 2 is 1.71 bits per heavy atom. The molecule has 1 heterocycles. The number of halogens is 1. The highest BCUT2D eigenvalue weighted by Gasteiger charge is 2.12. The second kappa shape index (κ2) is 10.4.